The van der Waals surface area contributed by atoms with Crippen LogP contribution in [0.4, 0.5) is 0 Å². The molecule has 0 radical (unpaired) electrons. The summed E-state index contributed by atoms with van der Waals surface area (Å²) in [4.78, 5) is 11.2. The molecule has 0 spiro atoms. The number of ketones is 1. The van der Waals surface area contributed by atoms with E-state index in [1.807, 2.05) is 6.07 Å². The molecule has 1 N–H and O–H groups in total. The van der Waals surface area contributed by atoms with Crippen LogP contribution in [-0.2, 0) is 14.1 Å². The third-order valence-corrected chi connectivity index (χ3v) is 4.18. The number of methoxy groups -OCH3 is 1. The lowest BCUT2D eigenvalue weighted by atomic mass is 10.3. The highest BCUT2D eigenvalue weighted by Gasteiger charge is 2.28. The van der Waals surface area contributed by atoms with Gasteiger partial charge in [-0.3, -0.25) is 9.36 Å². The summed E-state index contributed by atoms with van der Waals surface area (Å²) in [6.07, 6.45) is -0.0977. The number of rotatable bonds is 7. The minimum Gasteiger partial charge on any atom is -0.431 e. The first-order valence-electron chi connectivity index (χ1n) is 5.58. The predicted octanol–water partition coefficient (Wildman–Crippen LogP) is 2.43. The maximum atomic E-state index is 12.5. The molecule has 2 atom stereocenters. The van der Waals surface area contributed by atoms with Gasteiger partial charge in [0.2, 0.25) is 0 Å². The van der Waals surface area contributed by atoms with Crippen LogP contribution in [0.15, 0.2) is 30.3 Å². The second kappa shape index (κ2) is 6.69. The van der Waals surface area contributed by atoms with Crippen molar-refractivity contribution < 1.29 is 18.6 Å². The standard InChI is InChI=1S/C12H18NO4P/c1-10(11(2)14)13-18(15,9-16-3)17-12-7-5-4-6-8-12/h4-8,10H,9H2,1-3H3,(H,13,15). The van der Waals surface area contributed by atoms with E-state index in [-0.39, 0.29) is 12.1 Å². The molecule has 5 nitrogen and oxygen atoms in total. The first kappa shape index (κ1) is 14.9. The molecule has 0 aliphatic heterocycles. The number of carbonyl (C=O) groups excluding carboxylic acids is 1. The van der Waals surface area contributed by atoms with Crippen molar-refractivity contribution in [3.8, 4) is 5.75 Å². The lowest BCUT2D eigenvalue weighted by molar-refractivity contribution is -0.118. The van der Waals surface area contributed by atoms with Gasteiger partial charge in [0, 0.05) is 7.11 Å². The zero-order valence-electron chi connectivity index (χ0n) is 10.8. The molecule has 0 saturated carbocycles. The molecule has 0 heterocycles. The molecular weight excluding hydrogens is 253 g/mol. The van der Waals surface area contributed by atoms with E-state index in [9.17, 15) is 9.36 Å². The molecule has 0 bridgehead atoms. The van der Waals surface area contributed by atoms with Crippen LogP contribution < -0.4 is 9.61 Å². The van der Waals surface area contributed by atoms with E-state index >= 15 is 0 Å². The summed E-state index contributed by atoms with van der Waals surface area (Å²) in [5, 5.41) is 2.70. The Morgan fingerprint density at radius 3 is 2.50 bits per heavy atom. The van der Waals surface area contributed by atoms with Gasteiger partial charge in [-0.15, -0.1) is 0 Å². The fourth-order valence-corrected chi connectivity index (χ4v) is 3.05. The molecule has 0 saturated heterocycles. The summed E-state index contributed by atoms with van der Waals surface area (Å²) in [6.45, 7) is 3.07. The van der Waals surface area contributed by atoms with Crippen molar-refractivity contribution in [2.75, 3.05) is 13.5 Å². The molecule has 1 aromatic rings. The molecule has 1 aromatic carbocycles. The Bertz CT molecular complexity index is 435. The number of hydrogen-bond acceptors (Lipinski definition) is 4. The first-order valence-corrected chi connectivity index (χ1v) is 7.39. The van der Waals surface area contributed by atoms with E-state index in [0.29, 0.717) is 5.75 Å². The molecule has 0 fully saturated rings. The van der Waals surface area contributed by atoms with Crippen LogP contribution in [-0.4, -0.2) is 25.3 Å². The van der Waals surface area contributed by atoms with Crippen molar-refractivity contribution >= 4 is 13.3 Å². The average Bonchev–Trinajstić information content (AvgIpc) is 2.29. The Morgan fingerprint density at radius 1 is 1.39 bits per heavy atom. The summed E-state index contributed by atoms with van der Waals surface area (Å²) >= 11 is 0. The number of hydrogen-bond donors (Lipinski definition) is 1. The van der Waals surface area contributed by atoms with Crippen LogP contribution in [0.25, 0.3) is 0 Å². The summed E-state index contributed by atoms with van der Waals surface area (Å²) in [5.74, 6) is 0.365. The molecular formula is C12H18NO4P. The van der Waals surface area contributed by atoms with E-state index in [0.717, 1.165) is 0 Å². The van der Waals surface area contributed by atoms with Crippen LogP contribution in [0.1, 0.15) is 13.8 Å². The Morgan fingerprint density at radius 2 is 2.00 bits per heavy atom. The van der Waals surface area contributed by atoms with Gasteiger partial charge < -0.3 is 9.26 Å². The normalized spacial score (nSPS) is 15.7. The van der Waals surface area contributed by atoms with Gasteiger partial charge >= 0.3 is 7.52 Å². The summed E-state index contributed by atoms with van der Waals surface area (Å²) in [6, 6.07) is 8.24. The number of carbonyl (C=O) groups is 1. The van der Waals surface area contributed by atoms with Crippen molar-refractivity contribution in [2.45, 2.75) is 19.9 Å². The maximum Gasteiger partial charge on any atom is 0.342 e. The molecule has 18 heavy (non-hydrogen) atoms. The number of Topliss-reactive ketones (excluding diaryl/α,β-unsaturated/α-hetero) is 1. The zero-order chi connectivity index (χ0) is 13.6. The van der Waals surface area contributed by atoms with Crippen molar-refractivity contribution in [3.63, 3.8) is 0 Å². The van der Waals surface area contributed by atoms with Crippen molar-refractivity contribution in [3.05, 3.63) is 30.3 Å². The third kappa shape index (κ3) is 4.61. The molecule has 0 aliphatic carbocycles. The van der Waals surface area contributed by atoms with Crippen molar-refractivity contribution in [1.82, 2.24) is 5.09 Å². The van der Waals surface area contributed by atoms with Gasteiger partial charge in [0.25, 0.3) is 0 Å². The van der Waals surface area contributed by atoms with Crippen LogP contribution >= 0.6 is 7.52 Å². The summed E-state index contributed by atoms with van der Waals surface area (Å²) in [5.41, 5.74) is 0. The molecule has 0 aromatic heterocycles. The molecule has 2 unspecified atom stereocenters. The fourth-order valence-electron chi connectivity index (χ4n) is 1.30. The third-order valence-electron chi connectivity index (χ3n) is 2.30. The van der Waals surface area contributed by atoms with Gasteiger partial charge in [-0.1, -0.05) is 18.2 Å². The molecule has 100 valence electrons. The summed E-state index contributed by atoms with van der Waals surface area (Å²) < 4.78 is 22.8. The van der Waals surface area contributed by atoms with Crippen LogP contribution in [0.2, 0.25) is 0 Å². The van der Waals surface area contributed by atoms with Gasteiger partial charge in [0.15, 0.2) is 0 Å². The summed E-state index contributed by atoms with van der Waals surface area (Å²) in [7, 11) is -1.81. The fraction of sp³-hybridized carbons (Fsp3) is 0.417. The number of benzene rings is 1. The predicted molar refractivity (Wildman–Crippen MR) is 69.8 cm³/mol. The lowest BCUT2D eigenvalue weighted by Gasteiger charge is -2.22. The SMILES string of the molecule is COCP(=O)(NC(C)C(C)=O)Oc1ccccc1. The molecule has 6 heteroatoms. The Hall–Kier alpha value is -1.16. The molecule has 1 rings (SSSR count). The lowest BCUT2D eigenvalue weighted by Crippen LogP contribution is -2.32. The maximum absolute atomic E-state index is 12.5. The van der Waals surface area contributed by atoms with Gasteiger partial charge in [-0.25, -0.2) is 5.09 Å². The molecule has 0 aliphatic rings. The van der Waals surface area contributed by atoms with E-state index in [4.69, 9.17) is 9.26 Å². The quantitative estimate of drug-likeness (QED) is 0.771. The van der Waals surface area contributed by atoms with Crippen molar-refractivity contribution in [1.29, 1.82) is 0 Å². The smallest absolute Gasteiger partial charge is 0.342 e. The zero-order valence-corrected chi connectivity index (χ0v) is 11.6. The highest BCUT2D eigenvalue weighted by molar-refractivity contribution is 7.57. The van der Waals surface area contributed by atoms with Gasteiger partial charge in [-0.2, -0.15) is 0 Å². The van der Waals surface area contributed by atoms with Gasteiger partial charge in [0.1, 0.15) is 17.9 Å². The average molecular weight is 271 g/mol. The van der Waals surface area contributed by atoms with E-state index < -0.39 is 13.6 Å². The van der Waals surface area contributed by atoms with E-state index in [1.165, 1.54) is 14.0 Å². The van der Waals surface area contributed by atoms with Crippen molar-refractivity contribution in [2.24, 2.45) is 0 Å². The topological polar surface area (TPSA) is 64.6 Å². The largest absolute Gasteiger partial charge is 0.431 e. The van der Waals surface area contributed by atoms with Gasteiger partial charge in [-0.05, 0) is 26.0 Å². The number of nitrogens with one attached hydrogen (secondary N) is 1. The Balaban J connectivity index is 2.80. The first-order chi connectivity index (χ1) is 8.47. The molecule has 0 amide bonds. The Kier molecular flexibility index (Phi) is 5.54. The highest BCUT2D eigenvalue weighted by atomic mass is 31.2. The monoisotopic (exact) mass is 271 g/mol. The minimum absolute atomic E-state index is 0.0977. The minimum atomic E-state index is -3.24. The second-order valence-corrected chi connectivity index (χ2v) is 6.00. The Labute approximate surface area is 107 Å². The number of para-hydroxylation sites is 1. The van der Waals surface area contributed by atoms with Crippen LogP contribution in [0.3, 0.4) is 0 Å². The van der Waals surface area contributed by atoms with E-state index in [2.05, 4.69) is 5.09 Å². The van der Waals surface area contributed by atoms with Crippen LogP contribution in [0.5, 0.6) is 5.75 Å². The van der Waals surface area contributed by atoms with E-state index in [1.54, 1.807) is 31.2 Å². The highest BCUT2D eigenvalue weighted by Crippen LogP contribution is 2.43. The van der Waals surface area contributed by atoms with Gasteiger partial charge in [0.05, 0.1) is 6.04 Å². The number of ether oxygens (including phenoxy) is 1. The second-order valence-electron chi connectivity index (χ2n) is 3.96. The van der Waals surface area contributed by atoms with Crippen LogP contribution in [0, 0.1) is 0 Å².